The van der Waals surface area contributed by atoms with Crippen LogP contribution in [0.15, 0.2) is 84.9 Å². The van der Waals surface area contributed by atoms with E-state index in [9.17, 15) is 4.79 Å². The monoisotopic (exact) mass is 476 g/mol. The third kappa shape index (κ3) is 3.27. The summed E-state index contributed by atoms with van der Waals surface area (Å²) in [6.45, 7) is 8.10. The largest absolute Gasteiger partial charge is 0.456 e. The van der Waals surface area contributed by atoms with E-state index in [4.69, 9.17) is 9.47 Å². The summed E-state index contributed by atoms with van der Waals surface area (Å²) in [7, 11) is 0. The number of hydrogen-bond donors (Lipinski definition) is 1. The van der Waals surface area contributed by atoms with Gasteiger partial charge in [0, 0.05) is 41.7 Å². The van der Waals surface area contributed by atoms with Crippen LogP contribution in [0, 0.1) is 6.92 Å². The second-order valence-electron chi connectivity index (χ2n) is 9.25. The zero-order chi connectivity index (χ0) is 24.9. The average Bonchev–Trinajstić information content (AvgIpc) is 3.17. The maximum Gasteiger partial charge on any atom is 0.340 e. The van der Waals surface area contributed by atoms with Crippen molar-refractivity contribution in [3.05, 3.63) is 113 Å². The summed E-state index contributed by atoms with van der Waals surface area (Å²) in [4.78, 5) is 15.5. The number of esters is 1. The van der Waals surface area contributed by atoms with Gasteiger partial charge in [0.15, 0.2) is 5.60 Å². The van der Waals surface area contributed by atoms with Gasteiger partial charge in [-0.15, -0.1) is 0 Å². The molecule has 0 bridgehead atoms. The van der Waals surface area contributed by atoms with E-state index in [2.05, 4.69) is 42.3 Å². The summed E-state index contributed by atoms with van der Waals surface area (Å²) >= 11 is 0. The van der Waals surface area contributed by atoms with Crippen molar-refractivity contribution in [3.63, 3.8) is 0 Å². The molecule has 0 amide bonds. The number of anilines is 3. The van der Waals surface area contributed by atoms with Crippen LogP contribution < -0.4 is 15.0 Å². The number of benzene rings is 4. The highest BCUT2D eigenvalue weighted by molar-refractivity contribution is 5.98. The molecule has 1 unspecified atom stereocenters. The zero-order valence-electron chi connectivity index (χ0n) is 20.7. The molecule has 180 valence electrons. The second kappa shape index (κ2) is 8.45. The lowest BCUT2D eigenvalue weighted by Crippen LogP contribution is -2.34. The minimum Gasteiger partial charge on any atom is -0.456 e. The standard InChI is InChI=1S/C31H28N2O3/c1-4-33(5-2)22-15-16-25-27(19-22)35-28-18-20(3)17-26(32-21-11-7-6-8-12-21)29(28)31(25)24-14-10-9-13-23(24)30(34)36-31/h6-19,32H,4-5H2,1-3H3. The number of ether oxygens (including phenoxy) is 2. The Morgan fingerprint density at radius 1 is 0.833 bits per heavy atom. The van der Waals surface area contributed by atoms with E-state index in [1.165, 1.54) is 0 Å². The highest BCUT2D eigenvalue weighted by Crippen LogP contribution is 2.59. The number of hydrogen-bond acceptors (Lipinski definition) is 5. The molecule has 2 aliphatic heterocycles. The Labute approximate surface area is 211 Å². The van der Waals surface area contributed by atoms with Crippen LogP contribution in [0.2, 0.25) is 0 Å². The molecule has 1 N–H and O–H groups in total. The summed E-state index contributed by atoms with van der Waals surface area (Å²) in [5, 5.41) is 3.57. The van der Waals surface area contributed by atoms with Gasteiger partial charge in [0.2, 0.25) is 0 Å². The number of para-hydroxylation sites is 1. The van der Waals surface area contributed by atoms with Crippen LogP contribution in [0.5, 0.6) is 11.5 Å². The number of aryl methyl sites for hydroxylation is 1. The lowest BCUT2D eigenvalue weighted by atomic mass is 9.76. The van der Waals surface area contributed by atoms with E-state index in [1.54, 1.807) is 0 Å². The van der Waals surface area contributed by atoms with Crippen molar-refractivity contribution in [1.29, 1.82) is 0 Å². The maximum absolute atomic E-state index is 13.3. The number of carbonyl (C=O) groups excluding carboxylic acids is 1. The first-order chi connectivity index (χ1) is 17.5. The average molecular weight is 477 g/mol. The van der Waals surface area contributed by atoms with Gasteiger partial charge in [-0.2, -0.15) is 0 Å². The molecule has 6 rings (SSSR count). The first-order valence-electron chi connectivity index (χ1n) is 12.4. The number of rotatable bonds is 5. The van der Waals surface area contributed by atoms with Crippen LogP contribution in [0.1, 0.15) is 46.5 Å². The molecule has 0 aliphatic carbocycles. The molecule has 5 nitrogen and oxygen atoms in total. The topological polar surface area (TPSA) is 50.8 Å². The van der Waals surface area contributed by atoms with E-state index in [1.807, 2.05) is 73.7 Å². The van der Waals surface area contributed by atoms with Gasteiger partial charge in [0.25, 0.3) is 0 Å². The molecule has 4 aromatic carbocycles. The smallest absolute Gasteiger partial charge is 0.340 e. The fourth-order valence-electron chi connectivity index (χ4n) is 5.50. The maximum atomic E-state index is 13.3. The Balaban J connectivity index is 1.64. The van der Waals surface area contributed by atoms with Gasteiger partial charge in [0.1, 0.15) is 11.5 Å². The summed E-state index contributed by atoms with van der Waals surface area (Å²) in [5.41, 5.74) is 5.83. The molecule has 4 aromatic rings. The molecular formula is C31H28N2O3. The predicted octanol–water partition coefficient (Wildman–Crippen LogP) is 7.15. The molecule has 0 aromatic heterocycles. The van der Waals surface area contributed by atoms with Gasteiger partial charge in [-0.3, -0.25) is 0 Å². The van der Waals surface area contributed by atoms with Crippen LogP contribution >= 0.6 is 0 Å². The van der Waals surface area contributed by atoms with Crippen LogP contribution in [-0.4, -0.2) is 19.1 Å². The number of carbonyl (C=O) groups is 1. The molecule has 1 spiro atoms. The van der Waals surface area contributed by atoms with Crippen molar-refractivity contribution in [3.8, 4) is 11.5 Å². The first-order valence-corrected chi connectivity index (χ1v) is 12.4. The van der Waals surface area contributed by atoms with E-state index in [0.29, 0.717) is 17.1 Å². The number of nitrogens with one attached hydrogen (secondary N) is 1. The molecule has 0 radical (unpaired) electrons. The predicted molar refractivity (Wildman–Crippen MR) is 143 cm³/mol. The van der Waals surface area contributed by atoms with Crippen molar-refractivity contribution in [2.24, 2.45) is 0 Å². The van der Waals surface area contributed by atoms with Crippen molar-refractivity contribution in [1.82, 2.24) is 0 Å². The van der Waals surface area contributed by atoms with Crippen LogP contribution in [0.3, 0.4) is 0 Å². The van der Waals surface area contributed by atoms with Gasteiger partial charge < -0.3 is 19.7 Å². The minimum atomic E-state index is -1.12. The Morgan fingerprint density at radius 2 is 1.58 bits per heavy atom. The Kier molecular flexibility index (Phi) is 5.22. The SMILES string of the molecule is CCN(CC)c1ccc2c(c1)Oc1cc(C)cc(Nc3ccccc3)c1C21OC(=O)c2ccccc21. The highest BCUT2D eigenvalue weighted by Gasteiger charge is 2.54. The summed E-state index contributed by atoms with van der Waals surface area (Å²) < 4.78 is 13.0. The van der Waals surface area contributed by atoms with Gasteiger partial charge in [0.05, 0.1) is 16.8 Å². The molecule has 2 heterocycles. The number of fused-ring (bicyclic) bond motifs is 6. The van der Waals surface area contributed by atoms with E-state index < -0.39 is 5.60 Å². The fraction of sp³-hybridized carbons (Fsp3) is 0.194. The quantitative estimate of drug-likeness (QED) is 0.310. The molecule has 0 fully saturated rings. The van der Waals surface area contributed by atoms with Crippen molar-refractivity contribution in [2.45, 2.75) is 26.4 Å². The first kappa shape index (κ1) is 22.2. The normalized spacial score (nSPS) is 17.0. The molecule has 1 atom stereocenters. The number of nitrogens with zero attached hydrogens (tertiary/aromatic N) is 1. The Morgan fingerprint density at radius 3 is 2.36 bits per heavy atom. The molecular weight excluding hydrogens is 448 g/mol. The summed E-state index contributed by atoms with van der Waals surface area (Å²) in [5.74, 6) is 1.05. The van der Waals surface area contributed by atoms with Gasteiger partial charge in [-0.1, -0.05) is 36.4 Å². The second-order valence-corrected chi connectivity index (χ2v) is 9.25. The van der Waals surface area contributed by atoms with Crippen LogP contribution in [0.4, 0.5) is 17.1 Å². The van der Waals surface area contributed by atoms with Crippen LogP contribution in [0.25, 0.3) is 0 Å². The van der Waals surface area contributed by atoms with Crippen molar-refractivity contribution in [2.75, 3.05) is 23.3 Å². The van der Waals surface area contributed by atoms with Gasteiger partial charge in [-0.25, -0.2) is 4.79 Å². The highest BCUT2D eigenvalue weighted by atomic mass is 16.6. The van der Waals surface area contributed by atoms with Crippen molar-refractivity contribution >= 4 is 23.0 Å². The molecule has 36 heavy (non-hydrogen) atoms. The van der Waals surface area contributed by atoms with E-state index in [0.717, 1.165) is 52.4 Å². The van der Waals surface area contributed by atoms with Gasteiger partial charge in [-0.05, 0) is 68.8 Å². The Hall–Kier alpha value is -4.25. The lowest BCUT2D eigenvalue weighted by molar-refractivity contribution is 0.0227. The molecule has 5 heteroatoms. The summed E-state index contributed by atoms with van der Waals surface area (Å²) in [6.07, 6.45) is 0. The lowest BCUT2D eigenvalue weighted by Gasteiger charge is -2.38. The van der Waals surface area contributed by atoms with Gasteiger partial charge >= 0.3 is 5.97 Å². The molecule has 2 aliphatic rings. The third-order valence-electron chi connectivity index (χ3n) is 7.12. The Bertz CT molecular complexity index is 1480. The van der Waals surface area contributed by atoms with E-state index in [-0.39, 0.29) is 5.97 Å². The fourth-order valence-corrected chi connectivity index (χ4v) is 5.50. The van der Waals surface area contributed by atoms with Crippen molar-refractivity contribution < 1.29 is 14.3 Å². The summed E-state index contributed by atoms with van der Waals surface area (Å²) in [6, 6.07) is 28.0. The third-order valence-corrected chi connectivity index (χ3v) is 7.12. The van der Waals surface area contributed by atoms with Crippen LogP contribution in [-0.2, 0) is 10.3 Å². The molecule has 0 saturated heterocycles. The van der Waals surface area contributed by atoms with E-state index >= 15 is 0 Å². The molecule has 0 saturated carbocycles. The zero-order valence-corrected chi connectivity index (χ0v) is 20.7. The minimum absolute atomic E-state index is 0.330.